The van der Waals surface area contributed by atoms with Gasteiger partial charge in [0.1, 0.15) is 0 Å². The molecule has 0 aliphatic heterocycles. The Morgan fingerprint density at radius 2 is 2.26 bits per heavy atom. The van der Waals surface area contributed by atoms with Crippen molar-refractivity contribution in [1.29, 1.82) is 0 Å². The Labute approximate surface area is 112 Å². The Bertz CT molecular complexity index is 447. The molecule has 0 radical (unpaired) electrons. The van der Waals surface area contributed by atoms with Gasteiger partial charge in [0.25, 0.3) is 0 Å². The number of hydrogen-bond acceptors (Lipinski definition) is 4. The number of carbonyl (C=O) groups excluding carboxylic acids is 1. The Balaban J connectivity index is 2.71. The first-order valence-corrected chi connectivity index (χ1v) is 6.06. The van der Waals surface area contributed by atoms with Gasteiger partial charge in [-0.05, 0) is 30.2 Å². The summed E-state index contributed by atoms with van der Waals surface area (Å²) in [6, 6.07) is 4.69. The molecule has 0 heterocycles. The lowest BCUT2D eigenvalue weighted by Gasteiger charge is -2.10. The fourth-order valence-corrected chi connectivity index (χ4v) is 1.38. The highest BCUT2D eigenvalue weighted by molar-refractivity contribution is 5.82. The molecule has 0 atom stereocenters. The standard InChI is InChI=1S/C13H19N3O3/c1-3-4-7-19-11-6-5-10(8-12(11)18-2)9-15-16-13(14)17/h5-6,8-9H,3-4,7H2,1-2H3,(H3,14,16,17)/b15-9+. The van der Waals surface area contributed by atoms with Crippen LogP contribution >= 0.6 is 0 Å². The summed E-state index contributed by atoms with van der Waals surface area (Å²) >= 11 is 0. The van der Waals surface area contributed by atoms with E-state index in [1.54, 1.807) is 19.2 Å². The fourth-order valence-electron chi connectivity index (χ4n) is 1.38. The van der Waals surface area contributed by atoms with Crippen LogP contribution in [0, 0.1) is 0 Å². The van der Waals surface area contributed by atoms with Crippen LogP contribution in [0.25, 0.3) is 0 Å². The number of nitrogens with two attached hydrogens (primary N) is 1. The molecule has 0 spiro atoms. The molecule has 0 bridgehead atoms. The first-order valence-electron chi connectivity index (χ1n) is 6.06. The number of hydrazone groups is 1. The highest BCUT2D eigenvalue weighted by Crippen LogP contribution is 2.27. The predicted molar refractivity (Wildman–Crippen MR) is 73.7 cm³/mol. The van der Waals surface area contributed by atoms with Crippen LogP contribution in [0.2, 0.25) is 0 Å². The van der Waals surface area contributed by atoms with Crippen LogP contribution in [0.1, 0.15) is 25.3 Å². The van der Waals surface area contributed by atoms with E-state index in [1.165, 1.54) is 6.21 Å². The molecule has 6 nitrogen and oxygen atoms in total. The van der Waals surface area contributed by atoms with Crippen molar-refractivity contribution in [2.75, 3.05) is 13.7 Å². The van der Waals surface area contributed by atoms with Gasteiger partial charge in [0, 0.05) is 0 Å². The largest absolute Gasteiger partial charge is 0.493 e. The molecule has 0 saturated heterocycles. The van der Waals surface area contributed by atoms with E-state index in [1.807, 2.05) is 6.07 Å². The maximum Gasteiger partial charge on any atom is 0.332 e. The number of benzene rings is 1. The topological polar surface area (TPSA) is 85.9 Å². The molecule has 1 rings (SSSR count). The summed E-state index contributed by atoms with van der Waals surface area (Å²) in [6.45, 7) is 2.76. The second kappa shape index (κ2) is 7.97. The zero-order chi connectivity index (χ0) is 14.1. The third kappa shape index (κ3) is 5.29. The van der Waals surface area contributed by atoms with Crippen LogP contribution in [0.5, 0.6) is 11.5 Å². The van der Waals surface area contributed by atoms with Gasteiger partial charge in [-0.3, -0.25) is 0 Å². The molecular weight excluding hydrogens is 246 g/mol. The van der Waals surface area contributed by atoms with Gasteiger partial charge in [-0.25, -0.2) is 10.2 Å². The Morgan fingerprint density at radius 3 is 2.89 bits per heavy atom. The summed E-state index contributed by atoms with van der Waals surface area (Å²) in [5.74, 6) is 1.31. The lowest BCUT2D eigenvalue weighted by atomic mass is 10.2. The Hall–Kier alpha value is -2.24. The van der Waals surface area contributed by atoms with Gasteiger partial charge in [0.15, 0.2) is 11.5 Å². The Morgan fingerprint density at radius 1 is 1.47 bits per heavy atom. The summed E-state index contributed by atoms with van der Waals surface area (Å²) in [7, 11) is 1.57. The van der Waals surface area contributed by atoms with E-state index in [4.69, 9.17) is 15.2 Å². The number of rotatable bonds is 7. The van der Waals surface area contributed by atoms with Gasteiger partial charge in [0.05, 0.1) is 19.9 Å². The molecule has 2 amide bonds. The molecule has 1 aromatic carbocycles. The number of urea groups is 1. The third-order valence-electron chi connectivity index (χ3n) is 2.33. The second-order valence-corrected chi connectivity index (χ2v) is 3.85. The van der Waals surface area contributed by atoms with Crippen LogP contribution in [0.15, 0.2) is 23.3 Å². The van der Waals surface area contributed by atoms with E-state index in [0.29, 0.717) is 18.1 Å². The van der Waals surface area contributed by atoms with E-state index in [2.05, 4.69) is 17.5 Å². The van der Waals surface area contributed by atoms with Gasteiger partial charge >= 0.3 is 6.03 Å². The molecule has 0 unspecified atom stereocenters. The monoisotopic (exact) mass is 265 g/mol. The van der Waals surface area contributed by atoms with Crippen molar-refractivity contribution in [2.24, 2.45) is 10.8 Å². The second-order valence-electron chi connectivity index (χ2n) is 3.85. The van der Waals surface area contributed by atoms with Gasteiger partial charge < -0.3 is 15.2 Å². The number of methoxy groups -OCH3 is 1. The lowest BCUT2D eigenvalue weighted by Crippen LogP contribution is -2.24. The quantitative estimate of drug-likeness (QED) is 0.448. The number of hydrogen-bond donors (Lipinski definition) is 2. The van der Waals surface area contributed by atoms with Crippen molar-refractivity contribution in [3.63, 3.8) is 0 Å². The van der Waals surface area contributed by atoms with E-state index >= 15 is 0 Å². The SMILES string of the molecule is CCCCOc1ccc(/C=N/NC(N)=O)cc1OC. The number of carbonyl (C=O) groups is 1. The zero-order valence-corrected chi connectivity index (χ0v) is 11.2. The normalized spacial score (nSPS) is 10.4. The van der Waals surface area contributed by atoms with Gasteiger partial charge in [-0.15, -0.1) is 0 Å². The van der Waals surface area contributed by atoms with Crippen molar-refractivity contribution in [3.8, 4) is 11.5 Å². The number of amides is 2. The van der Waals surface area contributed by atoms with Crippen LogP contribution in [0.4, 0.5) is 4.79 Å². The third-order valence-corrected chi connectivity index (χ3v) is 2.33. The summed E-state index contributed by atoms with van der Waals surface area (Å²) < 4.78 is 10.9. The van der Waals surface area contributed by atoms with E-state index in [9.17, 15) is 4.79 Å². The molecule has 0 aromatic heterocycles. The highest BCUT2D eigenvalue weighted by atomic mass is 16.5. The highest BCUT2D eigenvalue weighted by Gasteiger charge is 2.04. The lowest BCUT2D eigenvalue weighted by molar-refractivity contribution is 0.249. The van der Waals surface area contributed by atoms with Crippen LogP contribution in [0.3, 0.4) is 0 Å². The summed E-state index contributed by atoms with van der Waals surface area (Å²) in [5, 5.41) is 3.68. The van der Waals surface area contributed by atoms with Crippen molar-refractivity contribution in [1.82, 2.24) is 5.43 Å². The number of nitrogens with one attached hydrogen (secondary N) is 1. The van der Waals surface area contributed by atoms with E-state index in [0.717, 1.165) is 18.4 Å². The number of nitrogens with zero attached hydrogens (tertiary/aromatic N) is 1. The fraction of sp³-hybridized carbons (Fsp3) is 0.385. The summed E-state index contributed by atoms with van der Waals surface area (Å²) in [5.41, 5.74) is 7.79. The Kier molecular flexibility index (Phi) is 6.21. The number of primary amides is 1. The molecule has 0 aliphatic rings. The number of ether oxygens (including phenoxy) is 2. The van der Waals surface area contributed by atoms with Gasteiger partial charge in [-0.2, -0.15) is 5.10 Å². The predicted octanol–water partition coefficient (Wildman–Crippen LogP) is 1.88. The average Bonchev–Trinajstić information content (AvgIpc) is 2.39. The molecule has 0 aliphatic carbocycles. The molecular formula is C13H19N3O3. The molecule has 6 heteroatoms. The van der Waals surface area contributed by atoms with Crippen molar-refractivity contribution >= 4 is 12.2 Å². The first-order chi connectivity index (χ1) is 9.17. The molecule has 1 aromatic rings. The average molecular weight is 265 g/mol. The minimum Gasteiger partial charge on any atom is -0.493 e. The zero-order valence-electron chi connectivity index (χ0n) is 11.2. The molecule has 0 fully saturated rings. The number of unbranched alkanes of at least 4 members (excludes halogenated alkanes) is 1. The first kappa shape index (κ1) is 14.8. The molecule has 0 saturated carbocycles. The van der Waals surface area contributed by atoms with Gasteiger partial charge in [-0.1, -0.05) is 13.3 Å². The summed E-state index contributed by atoms with van der Waals surface area (Å²) in [4.78, 5) is 10.5. The molecule has 19 heavy (non-hydrogen) atoms. The summed E-state index contributed by atoms with van der Waals surface area (Å²) in [6.07, 6.45) is 3.55. The van der Waals surface area contributed by atoms with Gasteiger partial charge in [0.2, 0.25) is 0 Å². The maximum absolute atomic E-state index is 10.5. The van der Waals surface area contributed by atoms with Crippen molar-refractivity contribution in [2.45, 2.75) is 19.8 Å². The minimum absolute atomic E-state index is 0.624. The maximum atomic E-state index is 10.5. The van der Waals surface area contributed by atoms with Crippen LogP contribution < -0.4 is 20.6 Å². The van der Waals surface area contributed by atoms with Crippen LogP contribution in [-0.2, 0) is 0 Å². The molecule has 104 valence electrons. The minimum atomic E-state index is -0.706. The van der Waals surface area contributed by atoms with E-state index < -0.39 is 6.03 Å². The van der Waals surface area contributed by atoms with Crippen molar-refractivity contribution in [3.05, 3.63) is 23.8 Å². The smallest absolute Gasteiger partial charge is 0.332 e. The van der Waals surface area contributed by atoms with Crippen LogP contribution in [-0.4, -0.2) is 26.0 Å². The molecule has 3 N–H and O–H groups in total. The van der Waals surface area contributed by atoms with E-state index in [-0.39, 0.29) is 0 Å². The van der Waals surface area contributed by atoms with Crippen molar-refractivity contribution < 1.29 is 14.3 Å².